The second-order valence-corrected chi connectivity index (χ2v) is 10.0. The third kappa shape index (κ3) is 3.40. The number of nitrogens with two attached hydrogens (primary N) is 1. The molecular weight excluding hydrogens is 394 g/mol. The van der Waals surface area contributed by atoms with Gasteiger partial charge in [-0.3, -0.25) is 10.2 Å². The van der Waals surface area contributed by atoms with Crippen LogP contribution in [0.1, 0.15) is 33.1 Å². The topological polar surface area (TPSA) is 143 Å². The summed E-state index contributed by atoms with van der Waals surface area (Å²) in [5.74, 6) is -1.82. The standard InChI is InChI=1S/C19H29N5O4S/c1-8-14-13(9(2)25)17(26)24(14)15(18(27)28)16(8)29-12-5-11(6-12)22-10-3-4-23(7-10)19(20)21/h8-14,22,25H,3-7H2,1-2H3,(H3,20,21)(H,27,28)/t8-,9-,10+,11-,12+,13-,14-/m1/s1. The highest BCUT2D eigenvalue weighted by Gasteiger charge is 2.60. The third-order valence-electron chi connectivity index (χ3n) is 6.70. The number of nitrogens with one attached hydrogen (secondary N) is 2. The average molecular weight is 424 g/mol. The molecule has 10 heteroatoms. The van der Waals surface area contributed by atoms with Gasteiger partial charge in [-0.2, -0.15) is 0 Å². The summed E-state index contributed by atoms with van der Waals surface area (Å²) in [6, 6.07) is 0.473. The lowest BCUT2D eigenvalue weighted by atomic mass is 9.79. The molecular formula is C19H29N5O4S. The van der Waals surface area contributed by atoms with E-state index < -0.39 is 18.0 Å². The monoisotopic (exact) mass is 423 g/mol. The van der Waals surface area contributed by atoms with Crippen LogP contribution in [-0.2, 0) is 9.59 Å². The number of rotatable bonds is 6. The van der Waals surface area contributed by atoms with E-state index >= 15 is 0 Å². The van der Waals surface area contributed by atoms with Gasteiger partial charge in [-0.15, -0.1) is 11.8 Å². The lowest BCUT2D eigenvalue weighted by Crippen LogP contribution is -2.63. The number of hydrogen-bond donors (Lipinski definition) is 5. The van der Waals surface area contributed by atoms with E-state index in [4.69, 9.17) is 11.1 Å². The smallest absolute Gasteiger partial charge is 0.353 e. The Hall–Kier alpha value is -1.78. The van der Waals surface area contributed by atoms with Crippen LogP contribution >= 0.6 is 11.8 Å². The lowest BCUT2D eigenvalue weighted by Gasteiger charge is -2.46. The van der Waals surface area contributed by atoms with Crippen molar-refractivity contribution in [2.45, 2.75) is 62.6 Å². The summed E-state index contributed by atoms with van der Waals surface area (Å²) in [4.78, 5) is 28.3. The Kier molecular flexibility index (Phi) is 5.28. The Labute approximate surface area is 174 Å². The third-order valence-corrected chi connectivity index (χ3v) is 8.24. The molecule has 6 N–H and O–H groups in total. The number of hydrogen-bond acceptors (Lipinski definition) is 6. The van der Waals surface area contributed by atoms with Gasteiger partial charge in [0.25, 0.3) is 0 Å². The first-order valence-corrected chi connectivity index (χ1v) is 11.1. The SMILES string of the molecule is C[C@@H](O)[C@H]1C(=O)N2C(C(=O)O)=C(S[C@H]3C[C@@H](N[C@H]4CCN(C(=N)N)C4)C3)[C@H](C)[C@H]12. The molecule has 0 bridgehead atoms. The van der Waals surface area contributed by atoms with E-state index in [-0.39, 0.29) is 29.5 Å². The summed E-state index contributed by atoms with van der Waals surface area (Å²) >= 11 is 1.59. The first-order chi connectivity index (χ1) is 13.7. The van der Waals surface area contributed by atoms with Gasteiger partial charge in [0.1, 0.15) is 5.70 Å². The maximum atomic E-state index is 12.4. The van der Waals surface area contributed by atoms with Crippen molar-refractivity contribution in [2.24, 2.45) is 17.6 Å². The fraction of sp³-hybridized carbons (Fsp3) is 0.737. The number of aliphatic hydroxyl groups excluding tert-OH is 1. The number of carbonyl (C=O) groups excluding carboxylic acids is 1. The number of nitrogens with zero attached hydrogens (tertiary/aromatic N) is 2. The van der Waals surface area contributed by atoms with Crippen LogP contribution < -0.4 is 11.1 Å². The second-order valence-electron chi connectivity index (χ2n) is 8.66. The molecule has 5 atom stereocenters. The first-order valence-electron chi connectivity index (χ1n) is 10.2. The molecule has 0 aromatic rings. The van der Waals surface area contributed by atoms with Gasteiger partial charge in [0.15, 0.2) is 5.96 Å². The molecule has 4 rings (SSSR count). The highest BCUT2D eigenvalue weighted by Crippen LogP contribution is 2.53. The second kappa shape index (κ2) is 7.48. The van der Waals surface area contributed by atoms with Crippen LogP contribution in [0.15, 0.2) is 10.6 Å². The van der Waals surface area contributed by atoms with Gasteiger partial charge in [0.05, 0.1) is 18.1 Å². The molecule has 0 aromatic carbocycles. The number of carbonyl (C=O) groups is 2. The van der Waals surface area contributed by atoms with Crippen molar-refractivity contribution >= 4 is 29.6 Å². The van der Waals surface area contributed by atoms with Crippen LogP contribution in [0.4, 0.5) is 0 Å². The van der Waals surface area contributed by atoms with Crippen molar-refractivity contribution in [1.29, 1.82) is 5.41 Å². The number of amides is 1. The molecule has 160 valence electrons. The number of β-lactam (4-membered cyclic amide) rings is 1. The Balaban J connectivity index is 1.35. The Morgan fingerprint density at radius 1 is 1.38 bits per heavy atom. The van der Waals surface area contributed by atoms with Gasteiger partial charge in [-0.05, 0) is 26.2 Å². The minimum atomic E-state index is -1.07. The van der Waals surface area contributed by atoms with Crippen molar-refractivity contribution in [3.05, 3.63) is 10.6 Å². The van der Waals surface area contributed by atoms with Gasteiger partial charge >= 0.3 is 5.97 Å². The molecule has 3 aliphatic heterocycles. The number of guanidine groups is 1. The molecule has 0 spiro atoms. The maximum absolute atomic E-state index is 12.4. The highest BCUT2D eigenvalue weighted by atomic mass is 32.2. The summed E-state index contributed by atoms with van der Waals surface area (Å²) < 4.78 is 0. The molecule has 4 aliphatic rings. The molecule has 1 aliphatic carbocycles. The summed E-state index contributed by atoms with van der Waals surface area (Å²) in [5, 5.41) is 31.1. The van der Waals surface area contributed by atoms with Gasteiger partial charge in [0.2, 0.25) is 5.91 Å². The van der Waals surface area contributed by atoms with Crippen molar-refractivity contribution in [3.8, 4) is 0 Å². The van der Waals surface area contributed by atoms with E-state index in [0.717, 1.165) is 37.3 Å². The summed E-state index contributed by atoms with van der Waals surface area (Å²) in [6.45, 7) is 5.12. The van der Waals surface area contributed by atoms with Crippen LogP contribution in [0.5, 0.6) is 0 Å². The molecule has 0 unspecified atom stereocenters. The molecule has 1 saturated carbocycles. The van der Waals surface area contributed by atoms with Gasteiger partial charge in [-0.1, -0.05) is 6.92 Å². The predicted octanol–water partition coefficient (Wildman–Crippen LogP) is -0.0383. The van der Waals surface area contributed by atoms with Crippen LogP contribution in [-0.4, -0.2) is 80.4 Å². The quantitative estimate of drug-likeness (QED) is 0.228. The molecule has 29 heavy (non-hydrogen) atoms. The molecule has 9 nitrogen and oxygen atoms in total. The van der Waals surface area contributed by atoms with Crippen LogP contribution in [0, 0.1) is 17.2 Å². The zero-order valence-electron chi connectivity index (χ0n) is 16.7. The van der Waals surface area contributed by atoms with E-state index in [0.29, 0.717) is 17.3 Å². The van der Waals surface area contributed by atoms with E-state index in [1.807, 2.05) is 11.8 Å². The maximum Gasteiger partial charge on any atom is 0.353 e. The number of likely N-dealkylation sites (tertiary alicyclic amines) is 1. The molecule has 1 amide bonds. The number of carboxylic acid groups (broad SMARTS) is 1. The van der Waals surface area contributed by atoms with Gasteiger partial charge < -0.3 is 31.1 Å². The number of carboxylic acids is 1. The zero-order valence-corrected chi connectivity index (χ0v) is 17.5. The Morgan fingerprint density at radius 3 is 2.62 bits per heavy atom. The predicted molar refractivity (Wildman–Crippen MR) is 109 cm³/mol. The minimum Gasteiger partial charge on any atom is -0.477 e. The van der Waals surface area contributed by atoms with E-state index in [1.54, 1.807) is 18.7 Å². The average Bonchev–Trinajstić information content (AvgIpc) is 3.15. The largest absolute Gasteiger partial charge is 0.477 e. The molecule has 0 aromatic heterocycles. The minimum absolute atomic E-state index is 0.0747. The highest BCUT2D eigenvalue weighted by molar-refractivity contribution is 8.03. The van der Waals surface area contributed by atoms with Crippen molar-refractivity contribution in [2.75, 3.05) is 13.1 Å². The first kappa shape index (κ1) is 20.5. The van der Waals surface area contributed by atoms with Crippen molar-refractivity contribution in [1.82, 2.24) is 15.1 Å². The summed E-state index contributed by atoms with van der Waals surface area (Å²) in [6.07, 6.45) is 2.09. The molecule has 0 radical (unpaired) electrons. The van der Waals surface area contributed by atoms with E-state index in [2.05, 4.69) is 5.32 Å². The van der Waals surface area contributed by atoms with Gasteiger partial charge in [-0.25, -0.2) is 4.79 Å². The number of aliphatic carboxylic acids is 1. The van der Waals surface area contributed by atoms with Crippen molar-refractivity contribution < 1.29 is 19.8 Å². The molecule has 3 heterocycles. The van der Waals surface area contributed by atoms with Gasteiger partial charge in [0, 0.05) is 41.2 Å². The normalized spacial score (nSPS) is 37.3. The number of fused-ring (bicyclic) bond motifs is 1. The van der Waals surface area contributed by atoms with E-state index in [9.17, 15) is 19.8 Å². The fourth-order valence-corrected chi connectivity index (χ4v) is 6.77. The number of aliphatic hydroxyl groups is 1. The number of thioether (sulfide) groups is 1. The Bertz CT molecular complexity index is 766. The van der Waals surface area contributed by atoms with Crippen molar-refractivity contribution in [3.63, 3.8) is 0 Å². The fourth-order valence-electron chi connectivity index (χ4n) is 5.10. The van der Waals surface area contributed by atoms with Crippen LogP contribution in [0.3, 0.4) is 0 Å². The molecule has 2 saturated heterocycles. The Morgan fingerprint density at radius 2 is 2.07 bits per heavy atom. The van der Waals surface area contributed by atoms with E-state index in [1.165, 1.54) is 4.90 Å². The van der Waals surface area contributed by atoms with Crippen LogP contribution in [0.2, 0.25) is 0 Å². The summed E-state index contributed by atoms with van der Waals surface area (Å²) in [7, 11) is 0. The zero-order chi connectivity index (χ0) is 21.0. The lowest BCUT2D eigenvalue weighted by molar-refractivity contribution is -0.163. The summed E-state index contributed by atoms with van der Waals surface area (Å²) in [5.41, 5.74) is 5.66. The molecule has 3 fully saturated rings. The van der Waals surface area contributed by atoms with Crippen LogP contribution in [0.25, 0.3) is 0 Å².